The molecule has 2 rings (SSSR count). The van der Waals surface area contributed by atoms with E-state index in [1.807, 2.05) is 0 Å². The average Bonchev–Trinajstić information content (AvgIpc) is 3.01. The predicted molar refractivity (Wildman–Crippen MR) is 53.9 cm³/mol. The summed E-state index contributed by atoms with van der Waals surface area (Å²) in [6.45, 7) is 3.29. The van der Waals surface area contributed by atoms with E-state index in [2.05, 4.69) is 4.90 Å². The Labute approximate surface area is 85.4 Å². The van der Waals surface area contributed by atoms with Gasteiger partial charge in [-0.2, -0.15) is 0 Å². The Morgan fingerprint density at radius 1 is 1.43 bits per heavy atom. The van der Waals surface area contributed by atoms with E-state index in [4.69, 9.17) is 4.74 Å². The Morgan fingerprint density at radius 3 is 2.86 bits per heavy atom. The summed E-state index contributed by atoms with van der Waals surface area (Å²) in [6.07, 6.45) is 4.93. The van der Waals surface area contributed by atoms with Crippen LogP contribution in [0.5, 0.6) is 0 Å². The molecule has 80 valence electrons. The molecular weight excluding hydrogens is 178 g/mol. The molecule has 2 aliphatic rings. The number of carbonyl (C=O) groups is 1. The van der Waals surface area contributed by atoms with Crippen molar-refractivity contribution in [2.75, 3.05) is 26.7 Å². The van der Waals surface area contributed by atoms with Gasteiger partial charge in [0.2, 0.25) is 0 Å². The van der Waals surface area contributed by atoms with Crippen LogP contribution in [0, 0.1) is 11.8 Å². The van der Waals surface area contributed by atoms with Crippen LogP contribution >= 0.6 is 0 Å². The lowest BCUT2D eigenvalue weighted by atomic mass is 9.98. The Bertz CT molecular complexity index is 213. The fourth-order valence-corrected chi connectivity index (χ4v) is 2.25. The van der Waals surface area contributed by atoms with Crippen LogP contribution in [0.2, 0.25) is 0 Å². The summed E-state index contributed by atoms with van der Waals surface area (Å²) in [6, 6.07) is 0. The lowest BCUT2D eigenvalue weighted by Gasteiger charge is -2.31. The SMILES string of the molecule is COC(=O)[C@H]1CCCN(CC2CC2)C1. The van der Waals surface area contributed by atoms with Crippen molar-refractivity contribution < 1.29 is 9.53 Å². The van der Waals surface area contributed by atoms with E-state index < -0.39 is 0 Å². The maximum Gasteiger partial charge on any atom is 0.309 e. The normalized spacial score (nSPS) is 28.8. The van der Waals surface area contributed by atoms with E-state index in [9.17, 15) is 4.79 Å². The Kier molecular flexibility index (Phi) is 3.06. The summed E-state index contributed by atoms with van der Waals surface area (Å²) in [5.41, 5.74) is 0. The maximum atomic E-state index is 11.4. The number of piperidine rings is 1. The molecule has 3 nitrogen and oxygen atoms in total. The van der Waals surface area contributed by atoms with Gasteiger partial charge in [-0.05, 0) is 38.1 Å². The molecule has 0 radical (unpaired) electrons. The molecule has 1 saturated heterocycles. The highest BCUT2D eigenvalue weighted by Gasteiger charge is 2.30. The molecule has 0 spiro atoms. The van der Waals surface area contributed by atoms with Crippen molar-refractivity contribution in [3.8, 4) is 0 Å². The number of likely N-dealkylation sites (tertiary alicyclic amines) is 1. The fourth-order valence-electron chi connectivity index (χ4n) is 2.25. The summed E-state index contributed by atoms with van der Waals surface area (Å²) in [5.74, 6) is 1.03. The monoisotopic (exact) mass is 197 g/mol. The molecule has 0 amide bonds. The third-order valence-corrected chi connectivity index (χ3v) is 3.25. The summed E-state index contributed by atoms with van der Waals surface area (Å²) >= 11 is 0. The third-order valence-electron chi connectivity index (χ3n) is 3.25. The largest absolute Gasteiger partial charge is 0.469 e. The van der Waals surface area contributed by atoms with Gasteiger partial charge >= 0.3 is 5.97 Å². The highest BCUT2D eigenvalue weighted by atomic mass is 16.5. The first-order valence-electron chi connectivity index (χ1n) is 5.60. The van der Waals surface area contributed by atoms with Crippen LogP contribution in [0.25, 0.3) is 0 Å². The first kappa shape index (κ1) is 9.97. The molecular formula is C11H19NO2. The minimum atomic E-state index is -0.0227. The molecule has 0 aromatic carbocycles. The minimum Gasteiger partial charge on any atom is -0.469 e. The van der Waals surface area contributed by atoms with Gasteiger partial charge in [-0.1, -0.05) is 0 Å². The summed E-state index contributed by atoms with van der Waals surface area (Å²) < 4.78 is 4.79. The van der Waals surface area contributed by atoms with Crippen molar-refractivity contribution in [3.05, 3.63) is 0 Å². The minimum absolute atomic E-state index is 0.0227. The Balaban J connectivity index is 1.79. The first-order chi connectivity index (χ1) is 6.79. The van der Waals surface area contributed by atoms with Gasteiger partial charge in [-0.15, -0.1) is 0 Å². The summed E-state index contributed by atoms with van der Waals surface area (Å²) in [4.78, 5) is 13.8. The first-order valence-corrected chi connectivity index (χ1v) is 5.60. The number of esters is 1. The van der Waals surface area contributed by atoms with Gasteiger partial charge in [-0.3, -0.25) is 4.79 Å². The van der Waals surface area contributed by atoms with E-state index in [0.29, 0.717) is 0 Å². The van der Waals surface area contributed by atoms with Gasteiger partial charge < -0.3 is 9.64 Å². The summed E-state index contributed by atoms with van der Waals surface area (Å²) in [5, 5.41) is 0. The topological polar surface area (TPSA) is 29.5 Å². The summed E-state index contributed by atoms with van der Waals surface area (Å²) in [7, 11) is 1.49. The maximum absolute atomic E-state index is 11.4. The Hall–Kier alpha value is -0.570. The van der Waals surface area contributed by atoms with Crippen molar-refractivity contribution in [2.45, 2.75) is 25.7 Å². The number of rotatable bonds is 3. The van der Waals surface area contributed by atoms with Crippen molar-refractivity contribution in [1.82, 2.24) is 4.90 Å². The molecule has 0 bridgehead atoms. The van der Waals surface area contributed by atoms with E-state index in [-0.39, 0.29) is 11.9 Å². The lowest BCUT2D eigenvalue weighted by Crippen LogP contribution is -2.40. The molecule has 3 heteroatoms. The van der Waals surface area contributed by atoms with E-state index in [1.165, 1.54) is 33.0 Å². The Morgan fingerprint density at radius 2 is 2.21 bits per heavy atom. The molecule has 14 heavy (non-hydrogen) atoms. The van der Waals surface area contributed by atoms with Crippen LogP contribution in [0.4, 0.5) is 0 Å². The van der Waals surface area contributed by atoms with Crippen molar-refractivity contribution >= 4 is 5.97 Å². The van der Waals surface area contributed by atoms with Gasteiger partial charge in [0.25, 0.3) is 0 Å². The standard InChI is InChI=1S/C11H19NO2/c1-14-11(13)10-3-2-6-12(8-10)7-9-4-5-9/h9-10H,2-8H2,1H3/t10-/m0/s1. The number of carbonyl (C=O) groups excluding carboxylic acids is 1. The van der Waals surface area contributed by atoms with Crippen LogP contribution in [-0.4, -0.2) is 37.6 Å². The zero-order valence-electron chi connectivity index (χ0n) is 8.87. The highest BCUT2D eigenvalue weighted by molar-refractivity contribution is 5.72. The average molecular weight is 197 g/mol. The van der Waals surface area contributed by atoms with E-state index >= 15 is 0 Å². The van der Waals surface area contributed by atoms with E-state index in [0.717, 1.165) is 25.3 Å². The molecule has 2 fully saturated rings. The molecule has 0 aromatic heterocycles. The molecule has 1 saturated carbocycles. The second-order valence-electron chi connectivity index (χ2n) is 4.57. The van der Waals surface area contributed by atoms with Gasteiger partial charge in [0.15, 0.2) is 0 Å². The quantitative estimate of drug-likeness (QED) is 0.638. The van der Waals surface area contributed by atoms with Crippen LogP contribution in [0.1, 0.15) is 25.7 Å². The van der Waals surface area contributed by atoms with Gasteiger partial charge in [0.05, 0.1) is 13.0 Å². The predicted octanol–water partition coefficient (Wildman–Crippen LogP) is 1.28. The molecule has 1 atom stereocenters. The van der Waals surface area contributed by atoms with Crippen molar-refractivity contribution in [2.24, 2.45) is 11.8 Å². The molecule has 1 aliphatic heterocycles. The van der Waals surface area contributed by atoms with Crippen LogP contribution in [-0.2, 0) is 9.53 Å². The number of methoxy groups -OCH3 is 1. The van der Waals surface area contributed by atoms with Gasteiger partial charge in [0, 0.05) is 13.1 Å². The number of hydrogen-bond acceptors (Lipinski definition) is 3. The van der Waals surface area contributed by atoms with Crippen LogP contribution in [0.3, 0.4) is 0 Å². The van der Waals surface area contributed by atoms with Crippen LogP contribution in [0.15, 0.2) is 0 Å². The van der Waals surface area contributed by atoms with Crippen molar-refractivity contribution in [3.63, 3.8) is 0 Å². The lowest BCUT2D eigenvalue weighted by molar-refractivity contribution is -0.147. The zero-order valence-corrected chi connectivity index (χ0v) is 8.87. The van der Waals surface area contributed by atoms with Crippen molar-refractivity contribution in [1.29, 1.82) is 0 Å². The van der Waals surface area contributed by atoms with Crippen LogP contribution < -0.4 is 0 Å². The molecule has 0 N–H and O–H groups in total. The number of hydrogen-bond donors (Lipinski definition) is 0. The molecule has 0 aromatic rings. The fraction of sp³-hybridized carbons (Fsp3) is 0.909. The van der Waals surface area contributed by atoms with E-state index in [1.54, 1.807) is 0 Å². The number of nitrogens with zero attached hydrogens (tertiary/aromatic N) is 1. The highest BCUT2D eigenvalue weighted by Crippen LogP contribution is 2.31. The smallest absolute Gasteiger partial charge is 0.309 e. The zero-order chi connectivity index (χ0) is 9.97. The molecule has 1 aliphatic carbocycles. The number of ether oxygens (including phenoxy) is 1. The second kappa shape index (κ2) is 4.30. The third kappa shape index (κ3) is 2.47. The second-order valence-corrected chi connectivity index (χ2v) is 4.57. The van der Waals surface area contributed by atoms with Gasteiger partial charge in [-0.25, -0.2) is 0 Å². The molecule has 1 heterocycles. The van der Waals surface area contributed by atoms with Gasteiger partial charge in [0.1, 0.15) is 0 Å². The molecule has 0 unspecified atom stereocenters.